The van der Waals surface area contributed by atoms with Crippen LogP contribution in [0.4, 0.5) is 0 Å². The number of nitrogens with zero attached hydrogens (tertiary/aromatic N) is 1. The molecule has 0 saturated carbocycles. The molecule has 0 spiro atoms. The fraction of sp³-hybridized carbons (Fsp3) is 0.238. The van der Waals surface area contributed by atoms with Gasteiger partial charge in [-0.25, -0.2) is 4.98 Å². The van der Waals surface area contributed by atoms with Gasteiger partial charge in [0.1, 0.15) is 5.75 Å². The molecule has 0 bridgehead atoms. The summed E-state index contributed by atoms with van der Waals surface area (Å²) in [4.78, 5) is 16.9. The van der Waals surface area contributed by atoms with Gasteiger partial charge >= 0.3 is 0 Å². The Kier molecular flexibility index (Phi) is 5.78. The average molecular weight is 366 g/mol. The first-order chi connectivity index (χ1) is 12.6. The van der Waals surface area contributed by atoms with Crippen molar-refractivity contribution < 1.29 is 9.53 Å². The SMILES string of the molecule is COc1ccc(CNC(=O)CSc2cc(C)c3cccc(C)c3n2)cc1. The summed E-state index contributed by atoms with van der Waals surface area (Å²) in [5.41, 5.74) is 4.38. The van der Waals surface area contributed by atoms with Crippen molar-refractivity contribution in [3.63, 3.8) is 0 Å². The molecule has 1 aromatic heterocycles. The summed E-state index contributed by atoms with van der Waals surface area (Å²) in [7, 11) is 1.64. The van der Waals surface area contributed by atoms with Gasteiger partial charge in [-0.1, -0.05) is 42.1 Å². The number of pyridine rings is 1. The Bertz CT molecular complexity index is 923. The van der Waals surface area contributed by atoms with E-state index >= 15 is 0 Å². The number of aryl methyl sites for hydroxylation is 2. The third-order valence-electron chi connectivity index (χ3n) is 4.22. The molecule has 0 unspecified atom stereocenters. The lowest BCUT2D eigenvalue weighted by atomic mass is 10.1. The summed E-state index contributed by atoms with van der Waals surface area (Å²) < 4.78 is 5.13. The Morgan fingerprint density at radius 1 is 1.12 bits per heavy atom. The molecular weight excluding hydrogens is 344 g/mol. The van der Waals surface area contributed by atoms with E-state index in [9.17, 15) is 4.79 Å². The first-order valence-corrected chi connectivity index (χ1v) is 9.45. The number of ether oxygens (including phenoxy) is 1. The normalized spacial score (nSPS) is 10.7. The molecule has 3 rings (SSSR count). The largest absolute Gasteiger partial charge is 0.497 e. The summed E-state index contributed by atoms with van der Waals surface area (Å²) in [6, 6.07) is 15.9. The van der Waals surface area contributed by atoms with Crippen molar-refractivity contribution in [2.75, 3.05) is 12.9 Å². The second-order valence-electron chi connectivity index (χ2n) is 6.16. The molecule has 0 atom stereocenters. The topological polar surface area (TPSA) is 51.2 Å². The van der Waals surface area contributed by atoms with E-state index in [1.807, 2.05) is 36.4 Å². The van der Waals surface area contributed by atoms with Crippen LogP contribution in [0.5, 0.6) is 5.75 Å². The Labute approximate surface area is 158 Å². The average Bonchev–Trinajstić information content (AvgIpc) is 2.66. The summed E-state index contributed by atoms with van der Waals surface area (Å²) in [6.45, 7) is 4.65. The molecule has 0 radical (unpaired) electrons. The highest BCUT2D eigenvalue weighted by molar-refractivity contribution is 7.99. The number of benzene rings is 2. The molecule has 1 amide bonds. The van der Waals surface area contributed by atoms with Crippen molar-refractivity contribution in [2.45, 2.75) is 25.4 Å². The molecule has 0 aliphatic rings. The number of nitrogens with one attached hydrogen (secondary N) is 1. The summed E-state index contributed by atoms with van der Waals surface area (Å²) in [6.07, 6.45) is 0. The van der Waals surface area contributed by atoms with Crippen molar-refractivity contribution in [2.24, 2.45) is 0 Å². The first-order valence-electron chi connectivity index (χ1n) is 8.46. The van der Waals surface area contributed by atoms with Gasteiger partial charge in [0.25, 0.3) is 0 Å². The molecule has 3 aromatic rings. The van der Waals surface area contributed by atoms with Crippen molar-refractivity contribution in [1.29, 1.82) is 0 Å². The fourth-order valence-electron chi connectivity index (χ4n) is 2.74. The number of aromatic nitrogens is 1. The lowest BCUT2D eigenvalue weighted by molar-refractivity contribution is -0.118. The van der Waals surface area contributed by atoms with Crippen LogP contribution in [0.25, 0.3) is 10.9 Å². The van der Waals surface area contributed by atoms with Crippen LogP contribution in [0.2, 0.25) is 0 Å². The van der Waals surface area contributed by atoms with Crippen molar-refractivity contribution >= 4 is 28.6 Å². The zero-order chi connectivity index (χ0) is 18.5. The maximum atomic E-state index is 12.1. The number of rotatable bonds is 6. The van der Waals surface area contributed by atoms with Crippen LogP contribution in [-0.4, -0.2) is 23.8 Å². The fourth-order valence-corrected chi connectivity index (χ4v) is 3.54. The van der Waals surface area contributed by atoms with E-state index in [0.29, 0.717) is 12.3 Å². The predicted molar refractivity (Wildman–Crippen MR) is 107 cm³/mol. The summed E-state index contributed by atoms with van der Waals surface area (Å²) >= 11 is 1.46. The van der Waals surface area contributed by atoms with E-state index in [-0.39, 0.29) is 5.91 Å². The molecule has 134 valence electrons. The number of hydrogen-bond acceptors (Lipinski definition) is 4. The highest BCUT2D eigenvalue weighted by atomic mass is 32.2. The maximum Gasteiger partial charge on any atom is 0.230 e. The zero-order valence-corrected chi connectivity index (χ0v) is 16.0. The number of para-hydroxylation sites is 1. The maximum absolute atomic E-state index is 12.1. The van der Waals surface area contributed by atoms with Crippen LogP contribution < -0.4 is 10.1 Å². The number of fused-ring (bicyclic) bond motifs is 1. The van der Waals surface area contributed by atoms with Crippen LogP contribution in [0, 0.1) is 13.8 Å². The van der Waals surface area contributed by atoms with Crippen molar-refractivity contribution in [3.05, 3.63) is 65.2 Å². The predicted octanol–water partition coefficient (Wildman–Crippen LogP) is 4.27. The van der Waals surface area contributed by atoms with Crippen LogP contribution in [-0.2, 0) is 11.3 Å². The number of carbonyl (C=O) groups is 1. The minimum atomic E-state index is -0.00449. The van der Waals surface area contributed by atoms with Crippen LogP contribution in [0.3, 0.4) is 0 Å². The summed E-state index contributed by atoms with van der Waals surface area (Å²) in [5.74, 6) is 1.15. The lowest BCUT2D eigenvalue weighted by Crippen LogP contribution is -2.24. The Morgan fingerprint density at radius 2 is 1.88 bits per heavy atom. The Morgan fingerprint density at radius 3 is 2.62 bits per heavy atom. The van der Waals surface area contributed by atoms with Crippen LogP contribution >= 0.6 is 11.8 Å². The Hall–Kier alpha value is -2.53. The van der Waals surface area contributed by atoms with Crippen molar-refractivity contribution in [1.82, 2.24) is 10.3 Å². The van der Waals surface area contributed by atoms with Gasteiger partial charge in [0.05, 0.1) is 23.4 Å². The summed E-state index contributed by atoms with van der Waals surface area (Å²) in [5, 5.41) is 4.99. The Balaban J connectivity index is 1.58. The van der Waals surface area contributed by atoms with E-state index in [2.05, 4.69) is 31.3 Å². The molecular formula is C21H22N2O2S. The first kappa shape index (κ1) is 18.3. The minimum Gasteiger partial charge on any atom is -0.497 e. The van der Waals surface area contributed by atoms with Gasteiger partial charge in [-0.3, -0.25) is 4.79 Å². The number of carbonyl (C=O) groups excluding carboxylic acids is 1. The number of hydrogen-bond donors (Lipinski definition) is 1. The minimum absolute atomic E-state index is 0.00449. The van der Waals surface area contributed by atoms with E-state index < -0.39 is 0 Å². The van der Waals surface area contributed by atoms with Gasteiger partial charge in [0.2, 0.25) is 5.91 Å². The van der Waals surface area contributed by atoms with Crippen LogP contribution in [0.15, 0.2) is 53.6 Å². The molecule has 2 aromatic carbocycles. The molecule has 26 heavy (non-hydrogen) atoms. The van der Waals surface area contributed by atoms with E-state index in [0.717, 1.165) is 27.4 Å². The zero-order valence-electron chi connectivity index (χ0n) is 15.2. The standard InChI is InChI=1S/C21H22N2O2S/c1-14-5-4-6-18-15(2)11-20(23-21(14)18)26-13-19(24)22-12-16-7-9-17(25-3)10-8-16/h4-11H,12-13H2,1-3H3,(H,22,24). The second-order valence-corrected chi connectivity index (χ2v) is 7.16. The van der Waals surface area contributed by atoms with Gasteiger partial charge < -0.3 is 10.1 Å². The molecule has 5 heteroatoms. The van der Waals surface area contributed by atoms with Crippen molar-refractivity contribution in [3.8, 4) is 5.75 Å². The highest BCUT2D eigenvalue weighted by Gasteiger charge is 2.08. The lowest BCUT2D eigenvalue weighted by Gasteiger charge is -2.09. The molecule has 4 nitrogen and oxygen atoms in total. The molecule has 0 saturated heterocycles. The molecule has 0 aliphatic carbocycles. The molecule has 1 N–H and O–H groups in total. The van der Waals surface area contributed by atoms with Gasteiger partial charge in [-0.15, -0.1) is 0 Å². The molecule has 0 fully saturated rings. The molecule has 0 aliphatic heterocycles. The second kappa shape index (κ2) is 8.23. The van der Waals surface area contributed by atoms with E-state index in [1.165, 1.54) is 22.7 Å². The quantitative estimate of drug-likeness (QED) is 0.662. The smallest absolute Gasteiger partial charge is 0.230 e. The van der Waals surface area contributed by atoms with Gasteiger partial charge in [0.15, 0.2) is 0 Å². The van der Waals surface area contributed by atoms with Crippen LogP contribution in [0.1, 0.15) is 16.7 Å². The number of methoxy groups -OCH3 is 1. The number of amides is 1. The molecule has 1 heterocycles. The third-order valence-corrected chi connectivity index (χ3v) is 5.14. The monoisotopic (exact) mass is 366 g/mol. The third kappa shape index (κ3) is 4.35. The van der Waals surface area contributed by atoms with Gasteiger partial charge in [-0.2, -0.15) is 0 Å². The number of thioether (sulfide) groups is 1. The highest BCUT2D eigenvalue weighted by Crippen LogP contribution is 2.25. The van der Waals surface area contributed by atoms with E-state index in [4.69, 9.17) is 9.72 Å². The van der Waals surface area contributed by atoms with E-state index in [1.54, 1.807) is 7.11 Å². The van der Waals surface area contributed by atoms with Gasteiger partial charge in [-0.05, 0) is 48.7 Å². The van der Waals surface area contributed by atoms with Gasteiger partial charge in [0, 0.05) is 11.9 Å².